The lowest BCUT2D eigenvalue weighted by molar-refractivity contribution is -0.143. The van der Waals surface area contributed by atoms with Crippen molar-refractivity contribution in [1.82, 2.24) is 9.62 Å². The second-order valence-electron chi connectivity index (χ2n) is 4.75. The van der Waals surface area contributed by atoms with E-state index in [1.165, 1.54) is 11.3 Å². The van der Waals surface area contributed by atoms with Crippen LogP contribution in [0.2, 0.25) is 0 Å². The van der Waals surface area contributed by atoms with E-state index in [0.29, 0.717) is 25.1 Å². The van der Waals surface area contributed by atoms with E-state index in [2.05, 4.69) is 4.72 Å². The zero-order valence-corrected chi connectivity index (χ0v) is 12.8. The molecule has 0 spiro atoms. The minimum Gasteiger partial charge on any atom is -0.480 e. The lowest BCUT2D eigenvalue weighted by Gasteiger charge is -2.23. The molecule has 2 N–H and O–H groups in total. The minimum atomic E-state index is -3.35. The van der Waals surface area contributed by atoms with Crippen LogP contribution in [0.25, 0.3) is 0 Å². The molecule has 0 radical (unpaired) electrons. The van der Waals surface area contributed by atoms with Crippen molar-refractivity contribution in [3.05, 3.63) is 22.4 Å². The standard InChI is InChI=1S/C12H18N2O4S2/c1-2-13-20(17,18)10-3-5-14(7-10)11(12(15)16)9-4-6-19-8-9/h4,6,8,10-11,13H,2-3,5,7H2,1H3,(H,15,16). The summed E-state index contributed by atoms with van der Waals surface area (Å²) in [5.74, 6) is -0.940. The van der Waals surface area contributed by atoms with Gasteiger partial charge < -0.3 is 5.11 Å². The van der Waals surface area contributed by atoms with Crippen molar-refractivity contribution in [1.29, 1.82) is 0 Å². The lowest BCUT2D eigenvalue weighted by Crippen LogP contribution is -2.38. The Labute approximate surface area is 122 Å². The fraction of sp³-hybridized carbons (Fsp3) is 0.583. The number of nitrogens with zero attached hydrogens (tertiary/aromatic N) is 1. The van der Waals surface area contributed by atoms with Gasteiger partial charge in [-0.2, -0.15) is 11.3 Å². The highest BCUT2D eigenvalue weighted by Crippen LogP contribution is 2.28. The number of carboxylic acid groups (broad SMARTS) is 1. The van der Waals surface area contributed by atoms with Gasteiger partial charge in [0.25, 0.3) is 0 Å². The monoisotopic (exact) mass is 318 g/mol. The zero-order valence-electron chi connectivity index (χ0n) is 11.2. The van der Waals surface area contributed by atoms with Crippen LogP contribution in [0.4, 0.5) is 0 Å². The van der Waals surface area contributed by atoms with Crippen LogP contribution < -0.4 is 4.72 Å². The van der Waals surface area contributed by atoms with Crippen LogP contribution in [-0.2, 0) is 14.8 Å². The molecule has 0 aliphatic carbocycles. The van der Waals surface area contributed by atoms with Gasteiger partial charge in [0.2, 0.25) is 10.0 Å². The first kappa shape index (κ1) is 15.4. The molecule has 1 saturated heterocycles. The van der Waals surface area contributed by atoms with Crippen LogP contribution in [-0.4, -0.2) is 49.3 Å². The summed E-state index contributed by atoms with van der Waals surface area (Å²) < 4.78 is 26.4. The van der Waals surface area contributed by atoms with Crippen molar-refractivity contribution < 1.29 is 18.3 Å². The van der Waals surface area contributed by atoms with Crippen LogP contribution in [0.5, 0.6) is 0 Å². The summed E-state index contributed by atoms with van der Waals surface area (Å²) in [5.41, 5.74) is 0.712. The van der Waals surface area contributed by atoms with E-state index < -0.39 is 27.3 Å². The largest absolute Gasteiger partial charge is 0.480 e. The highest BCUT2D eigenvalue weighted by molar-refractivity contribution is 7.90. The highest BCUT2D eigenvalue weighted by Gasteiger charge is 2.38. The predicted molar refractivity (Wildman–Crippen MR) is 77.3 cm³/mol. The second-order valence-corrected chi connectivity index (χ2v) is 7.57. The molecule has 0 saturated carbocycles. The Morgan fingerprint density at radius 3 is 2.95 bits per heavy atom. The number of hydrogen-bond acceptors (Lipinski definition) is 5. The first-order chi connectivity index (χ1) is 9.45. The molecule has 1 aromatic heterocycles. The molecule has 112 valence electrons. The number of thiophene rings is 1. The molecule has 2 unspecified atom stereocenters. The summed E-state index contributed by atoms with van der Waals surface area (Å²) in [7, 11) is -3.35. The van der Waals surface area contributed by atoms with Crippen molar-refractivity contribution in [3.8, 4) is 0 Å². The minimum absolute atomic E-state index is 0.252. The smallest absolute Gasteiger partial charge is 0.325 e. The number of aliphatic carboxylic acids is 1. The van der Waals surface area contributed by atoms with E-state index in [1.54, 1.807) is 23.3 Å². The number of nitrogens with one attached hydrogen (secondary N) is 1. The molecule has 2 heterocycles. The molecule has 0 aromatic carbocycles. The lowest BCUT2D eigenvalue weighted by atomic mass is 10.1. The van der Waals surface area contributed by atoms with E-state index >= 15 is 0 Å². The molecular formula is C12H18N2O4S2. The maximum absolute atomic E-state index is 12.0. The van der Waals surface area contributed by atoms with Crippen molar-refractivity contribution in [3.63, 3.8) is 0 Å². The molecule has 2 rings (SSSR count). The number of sulfonamides is 1. The third kappa shape index (κ3) is 3.20. The van der Waals surface area contributed by atoms with Gasteiger partial charge in [0, 0.05) is 19.6 Å². The van der Waals surface area contributed by atoms with Crippen molar-refractivity contribution >= 4 is 27.3 Å². The maximum Gasteiger partial charge on any atom is 0.325 e. The summed E-state index contributed by atoms with van der Waals surface area (Å²) in [4.78, 5) is 13.2. The second kappa shape index (κ2) is 6.21. The fourth-order valence-corrected chi connectivity index (χ4v) is 4.62. The topological polar surface area (TPSA) is 86.7 Å². The first-order valence-electron chi connectivity index (χ1n) is 6.43. The Kier molecular flexibility index (Phi) is 4.79. The van der Waals surface area contributed by atoms with E-state index in [-0.39, 0.29) is 6.54 Å². The van der Waals surface area contributed by atoms with E-state index in [1.807, 2.05) is 5.38 Å². The summed E-state index contributed by atoms with van der Waals surface area (Å²) in [6, 6.07) is 1.01. The van der Waals surface area contributed by atoms with Gasteiger partial charge in [0.15, 0.2) is 0 Å². The first-order valence-corrected chi connectivity index (χ1v) is 8.92. The number of rotatable bonds is 6. The van der Waals surface area contributed by atoms with Gasteiger partial charge in [0.1, 0.15) is 6.04 Å². The third-order valence-electron chi connectivity index (χ3n) is 3.42. The number of carboxylic acids is 1. The molecule has 0 amide bonds. The molecule has 0 bridgehead atoms. The van der Waals surface area contributed by atoms with Crippen LogP contribution in [0.1, 0.15) is 24.9 Å². The average molecular weight is 318 g/mol. The van der Waals surface area contributed by atoms with Gasteiger partial charge in [-0.1, -0.05) is 6.92 Å². The Balaban J connectivity index is 2.13. The van der Waals surface area contributed by atoms with Crippen molar-refractivity contribution in [2.75, 3.05) is 19.6 Å². The van der Waals surface area contributed by atoms with Gasteiger partial charge in [-0.15, -0.1) is 0 Å². The highest BCUT2D eigenvalue weighted by atomic mass is 32.2. The summed E-state index contributed by atoms with van der Waals surface area (Å²) >= 11 is 1.44. The van der Waals surface area contributed by atoms with Gasteiger partial charge in [0.05, 0.1) is 5.25 Å². The third-order valence-corrected chi connectivity index (χ3v) is 6.07. The summed E-state index contributed by atoms with van der Waals surface area (Å²) in [5, 5.41) is 12.5. The normalized spacial score (nSPS) is 21.9. The van der Waals surface area contributed by atoms with Crippen molar-refractivity contribution in [2.45, 2.75) is 24.6 Å². The van der Waals surface area contributed by atoms with Crippen LogP contribution in [0.15, 0.2) is 16.8 Å². The molecule has 1 fully saturated rings. The molecule has 1 aliphatic rings. The van der Waals surface area contributed by atoms with Crippen LogP contribution in [0, 0.1) is 0 Å². The Morgan fingerprint density at radius 2 is 2.40 bits per heavy atom. The van der Waals surface area contributed by atoms with Gasteiger partial charge in [-0.05, 0) is 28.8 Å². The quantitative estimate of drug-likeness (QED) is 0.813. The Morgan fingerprint density at radius 1 is 1.65 bits per heavy atom. The fourth-order valence-electron chi connectivity index (χ4n) is 2.50. The zero-order chi connectivity index (χ0) is 14.8. The average Bonchev–Trinajstić information content (AvgIpc) is 3.00. The molecule has 6 nitrogen and oxygen atoms in total. The number of hydrogen-bond donors (Lipinski definition) is 2. The molecular weight excluding hydrogens is 300 g/mol. The van der Waals surface area contributed by atoms with E-state index in [0.717, 1.165) is 0 Å². The molecule has 1 aliphatic heterocycles. The predicted octanol–water partition coefficient (Wildman–Crippen LogP) is 0.887. The van der Waals surface area contributed by atoms with E-state index in [4.69, 9.17) is 0 Å². The van der Waals surface area contributed by atoms with Gasteiger partial charge in [-0.3, -0.25) is 9.69 Å². The molecule has 2 atom stereocenters. The van der Waals surface area contributed by atoms with Gasteiger partial charge in [-0.25, -0.2) is 13.1 Å². The molecule has 8 heteroatoms. The Hall–Kier alpha value is -0.960. The summed E-state index contributed by atoms with van der Waals surface area (Å²) in [6.07, 6.45) is 0.462. The van der Waals surface area contributed by atoms with Crippen LogP contribution >= 0.6 is 11.3 Å². The van der Waals surface area contributed by atoms with Gasteiger partial charge >= 0.3 is 5.97 Å². The molecule has 1 aromatic rings. The summed E-state index contributed by atoms with van der Waals surface area (Å²) in [6.45, 7) is 2.81. The molecule has 20 heavy (non-hydrogen) atoms. The Bertz CT molecular complexity index is 556. The van der Waals surface area contributed by atoms with Crippen LogP contribution in [0.3, 0.4) is 0 Å². The maximum atomic E-state index is 12.0. The number of likely N-dealkylation sites (tertiary alicyclic amines) is 1. The number of carbonyl (C=O) groups is 1. The van der Waals surface area contributed by atoms with Crippen molar-refractivity contribution in [2.24, 2.45) is 0 Å². The van der Waals surface area contributed by atoms with E-state index in [9.17, 15) is 18.3 Å². The SMILES string of the molecule is CCNS(=O)(=O)C1CCN(C(C(=O)O)c2ccsc2)C1.